The number of halogens is 1. The number of rotatable bonds is 6. The molecule has 1 aromatic heterocycles. The van der Waals surface area contributed by atoms with Crippen molar-refractivity contribution in [2.24, 2.45) is 5.92 Å². The molecule has 7 heteroatoms. The van der Waals surface area contributed by atoms with Crippen molar-refractivity contribution in [3.63, 3.8) is 0 Å². The SMILES string of the molecule is CC[C@H](C)[C@H](Nc1nncc(-c2ccccc2F)n1)C(=O)OC. The third-order valence-electron chi connectivity index (χ3n) is 3.66. The molecule has 2 aromatic rings. The maximum absolute atomic E-state index is 13.9. The lowest BCUT2D eigenvalue weighted by atomic mass is 9.99. The molecule has 122 valence electrons. The van der Waals surface area contributed by atoms with Gasteiger partial charge in [0.05, 0.1) is 19.0 Å². The number of esters is 1. The summed E-state index contributed by atoms with van der Waals surface area (Å²) in [5.74, 6) is -0.630. The Kier molecular flexibility index (Phi) is 5.56. The van der Waals surface area contributed by atoms with E-state index in [9.17, 15) is 9.18 Å². The minimum absolute atomic E-state index is 0.0168. The van der Waals surface area contributed by atoms with Crippen LogP contribution in [-0.2, 0) is 9.53 Å². The van der Waals surface area contributed by atoms with Crippen molar-refractivity contribution in [2.45, 2.75) is 26.3 Å². The van der Waals surface area contributed by atoms with Gasteiger partial charge in [-0.1, -0.05) is 32.4 Å². The number of methoxy groups -OCH3 is 1. The number of aromatic nitrogens is 3. The molecular formula is C16H19FN4O2. The number of carbonyl (C=O) groups excluding carboxylic acids is 1. The first-order valence-corrected chi connectivity index (χ1v) is 7.35. The minimum atomic E-state index is -0.595. The Labute approximate surface area is 134 Å². The Morgan fingerprint density at radius 3 is 2.78 bits per heavy atom. The summed E-state index contributed by atoms with van der Waals surface area (Å²) in [5.41, 5.74) is 0.664. The Hall–Kier alpha value is -2.57. The molecule has 0 fully saturated rings. The molecule has 0 radical (unpaired) electrons. The molecule has 23 heavy (non-hydrogen) atoms. The fraction of sp³-hybridized carbons (Fsp3) is 0.375. The molecule has 2 rings (SSSR count). The molecule has 0 saturated heterocycles. The van der Waals surface area contributed by atoms with Crippen molar-refractivity contribution in [1.29, 1.82) is 0 Å². The molecule has 2 atom stereocenters. The van der Waals surface area contributed by atoms with Gasteiger partial charge < -0.3 is 10.1 Å². The van der Waals surface area contributed by atoms with E-state index >= 15 is 0 Å². The topological polar surface area (TPSA) is 77.0 Å². The molecule has 0 amide bonds. The second-order valence-electron chi connectivity index (χ2n) is 5.18. The number of carbonyl (C=O) groups is 1. The van der Waals surface area contributed by atoms with Crippen molar-refractivity contribution >= 4 is 11.9 Å². The van der Waals surface area contributed by atoms with E-state index in [1.807, 2.05) is 13.8 Å². The van der Waals surface area contributed by atoms with E-state index in [0.717, 1.165) is 6.42 Å². The summed E-state index contributed by atoms with van der Waals surface area (Å²) in [4.78, 5) is 16.1. The third-order valence-corrected chi connectivity index (χ3v) is 3.66. The predicted octanol–water partition coefficient (Wildman–Crippen LogP) is 2.68. The van der Waals surface area contributed by atoms with E-state index in [2.05, 4.69) is 20.5 Å². The van der Waals surface area contributed by atoms with E-state index in [1.54, 1.807) is 18.2 Å². The van der Waals surface area contributed by atoms with Gasteiger partial charge in [-0.15, -0.1) is 5.10 Å². The summed E-state index contributed by atoms with van der Waals surface area (Å²) >= 11 is 0. The van der Waals surface area contributed by atoms with Gasteiger partial charge in [-0.25, -0.2) is 14.2 Å². The van der Waals surface area contributed by atoms with E-state index < -0.39 is 17.8 Å². The van der Waals surface area contributed by atoms with Crippen LogP contribution in [0.2, 0.25) is 0 Å². The smallest absolute Gasteiger partial charge is 0.328 e. The Morgan fingerprint density at radius 1 is 1.39 bits per heavy atom. The quantitative estimate of drug-likeness (QED) is 0.825. The second-order valence-corrected chi connectivity index (χ2v) is 5.18. The first-order chi connectivity index (χ1) is 11.1. The molecule has 1 N–H and O–H groups in total. The molecule has 0 spiro atoms. The number of hydrogen-bond acceptors (Lipinski definition) is 6. The summed E-state index contributed by atoms with van der Waals surface area (Å²) in [6.45, 7) is 3.89. The van der Waals surface area contributed by atoms with Gasteiger partial charge in [-0.2, -0.15) is 5.10 Å². The van der Waals surface area contributed by atoms with E-state index in [1.165, 1.54) is 19.4 Å². The number of anilines is 1. The van der Waals surface area contributed by atoms with Crippen LogP contribution in [0.15, 0.2) is 30.5 Å². The van der Waals surface area contributed by atoms with Crippen LogP contribution in [0.4, 0.5) is 10.3 Å². The van der Waals surface area contributed by atoms with Crippen molar-refractivity contribution in [3.8, 4) is 11.3 Å². The zero-order chi connectivity index (χ0) is 16.8. The van der Waals surface area contributed by atoms with Crippen LogP contribution < -0.4 is 5.32 Å². The van der Waals surface area contributed by atoms with Crippen LogP contribution in [0.1, 0.15) is 20.3 Å². The molecule has 1 heterocycles. The molecule has 0 saturated carbocycles. The number of nitrogens with zero attached hydrogens (tertiary/aromatic N) is 3. The van der Waals surface area contributed by atoms with Gasteiger partial charge in [0, 0.05) is 5.56 Å². The standard InChI is InChI=1S/C16H19FN4O2/c1-4-10(2)14(15(22)23-3)20-16-19-13(9-18-21-16)11-7-5-6-8-12(11)17/h5-10,14H,4H2,1-3H3,(H,19,20,21)/t10-,14-/m0/s1. The summed E-state index contributed by atoms with van der Waals surface area (Å²) in [5, 5.41) is 10.6. The zero-order valence-corrected chi connectivity index (χ0v) is 13.3. The van der Waals surface area contributed by atoms with Gasteiger partial charge in [0.2, 0.25) is 5.95 Å². The average Bonchev–Trinajstić information content (AvgIpc) is 2.59. The van der Waals surface area contributed by atoms with Gasteiger partial charge in [0.1, 0.15) is 11.9 Å². The highest BCUT2D eigenvalue weighted by atomic mass is 19.1. The molecule has 0 aliphatic carbocycles. The van der Waals surface area contributed by atoms with Crippen LogP contribution in [-0.4, -0.2) is 34.3 Å². The highest BCUT2D eigenvalue weighted by Gasteiger charge is 2.26. The largest absolute Gasteiger partial charge is 0.467 e. The van der Waals surface area contributed by atoms with Gasteiger partial charge in [0.25, 0.3) is 0 Å². The van der Waals surface area contributed by atoms with E-state index in [-0.39, 0.29) is 11.9 Å². The highest BCUT2D eigenvalue weighted by Crippen LogP contribution is 2.21. The minimum Gasteiger partial charge on any atom is -0.467 e. The van der Waals surface area contributed by atoms with Gasteiger partial charge in [-0.05, 0) is 18.1 Å². The lowest BCUT2D eigenvalue weighted by Crippen LogP contribution is -2.37. The number of ether oxygens (including phenoxy) is 1. The maximum atomic E-state index is 13.9. The normalized spacial score (nSPS) is 13.2. The third kappa shape index (κ3) is 4.00. The van der Waals surface area contributed by atoms with Crippen LogP contribution in [0.25, 0.3) is 11.3 Å². The van der Waals surface area contributed by atoms with Gasteiger partial charge >= 0.3 is 5.97 Å². The molecule has 6 nitrogen and oxygen atoms in total. The summed E-state index contributed by atoms with van der Waals surface area (Å²) in [6, 6.07) is 5.67. The molecule has 0 aliphatic heterocycles. The summed E-state index contributed by atoms with van der Waals surface area (Å²) in [7, 11) is 1.33. The maximum Gasteiger partial charge on any atom is 0.328 e. The fourth-order valence-electron chi connectivity index (χ4n) is 2.10. The van der Waals surface area contributed by atoms with Crippen LogP contribution in [0.5, 0.6) is 0 Å². The Balaban J connectivity index is 2.29. The lowest BCUT2D eigenvalue weighted by Gasteiger charge is -2.21. The zero-order valence-electron chi connectivity index (χ0n) is 13.3. The van der Waals surface area contributed by atoms with Crippen molar-refractivity contribution in [2.75, 3.05) is 12.4 Å². The monoisotopic (exact) mass is 318 g/mol. The number of hydrogen-bond donors (Lipinski definition) is 1. The molecule has 0 aliphatic rings. The van der Waals surface area contributed by atoms with Crippen LogP contribution in [0.3, 0.4) is 0 Å². The molecule has 0 unspecified atom stereocenters. The molecule has 0 bridgehead atoms. The summed E-state index contributed by atoms with van der Waals surface area (Å²) < 4.78 is 18.7. The van der Waals surface area contributed by atoms with Crippen molar-refractivity contribution in [3.05, 3.63) is 36.3 Å². The fourth-order valence-corrected chi connectivity index (χ4v) is 2.10. The van der Waals surface area contributed by atoms with E-state index in [0.29, 0.717) is 11.3 Å². The first kappa shape index (κ1) is 16.8. The lowest BCUT2D eigenvalue weighted by molar-refractivity contribution is -0.142. The number of benzene rings is 1. The van der Waals surface area contributed by atoms with Gasteiger partial charge in [0.15, 0.2) is 0 Å². The van der Waals surface area contributed by atoms with Crippen molar-refractivity contribution < 1.29 is 13.9 Å². The van der Waals surface area contributed by atoms with Crippen LogP contribution >= 0.6 is 0 Å². The van der Waals surface area contributed by atoms with Gasteiger partial charge in [-0.3, -0.25) is 0 Å². The summed E-state index contributed by atoms with van der Waals surface area (Å²) in [6.07, 6.45) is 2.15. The molecular weight excluding hydrogens is 299 g/mol. The van der Waals surface area contributed by atoms with Crippen LogP contribution in [0, 0.1) is 11.7 Å². The first-order valence-electron chi connectivity index (χ1n) is 7.35. The average molecular weight is 318 g/mol. The second kappa shape index (κ2) is 7.62. The predicted molar refractivity (Wildman–Crippen MR) is 84.1 cm³/mol. The number of nitrogens with one attached hydrogen (secondary N) is 1. The molecule has 1 aromatic carbocycles. The Bertz CT molecular complexity index is 681. The van der Waals surface area contributed by atoms with Crippen molar-refractivity contribution in [1.82, 2.24) is 15.2 Å². The Morgan fingerprint density at radius 2 is 2.13 bits per heavy atom. The van der Waals surface area contributed by atoms with E-state index in [4.69, 9.17) is 4.74 Å². The highest BCUT2D eigenvalue weighted by molar-refractivity contribution is 5.79.